The molecule has 6 aromatic rings. The number of rotatable bonds is 7. The summed E-state index contributed by atoms with van der Waals surface area (Å²) in [5, 5.41) is 13.5. The lowest BCUT2D eigenvalue weighted by Gasteiger charge is -2.12. The number of imidazole rings is 1. The average Bonchev–Trinajstić information content (AvgIpc) is 3.56. The van der Waals surface area contributed by atoms with Gasteiger partial charge < -0.3 is 9.88 Å². The third kappa shape index (κ3) is 4.90. The quantitative estimate of drug-likeness (QED) is 0.243. The molecule has 7 heteroatoms. The smallest absolute Gasteiger partial charge is 0.210 e. The first-order chi connectivity index (χ1) is 18.2. The number of benzene rings is 4. The molecular weight excluding hydrogens is 481 g/mol. The summed E-state index contributed by atoms with van der Waals surface area (Å²) >= 11 is 1.46. The second-order valence-corrected chi connectivity index (χ2v) is 9.51. The largest absolute Gasteiger partial charge is 0.330 e. The zero-order valence-corrected chi connectivity index (χ0v) is 20.6. The van der Waals surface area contributed by atoms with E-state index < -0.39 is 0 Å². The van der Waals surface area contributed by atoms with Crippen LogP contribution in [0, 0.1) is 5.82 Å². The van der Waals surface area contributed by atoms with Crippen molar-refractivity contribution >= 4 is 22.2 Å². The number of anilines is 2. The lowest BCUT2D eigenvalue weighted by atomic mass is 10.0. The minimum absolute atomic E-state index is 0.278. The first kappa shape index (κ1) is 22.8. The van der Waals surface area contributed by atoms with Crippen molar-refractivity contribution in [1.82, 2.24) is 19.7 Å². The summed E-state index contributed by atoms with van der Waals surface area (Å²) in [5.41, 5.74) is 5.84. The monoisotopic (exact) mass is 503 g/mol. The van der Waals surface area contributed by atoms with Crippen LogP contribution in [0.25, 0.3) is 33.9 Å². The fraction of sp³-hybridized carbons (Fsp3) is 0.0333. The number of aromatic nitrogens is 4. The van der Waals surface area contributed by atoms with Crippen molar-refractivity contribution in [2.75, 3.05) is 5.32 Å². The predicted octanol–water partition coefficient (Wildman–Crippen LogP) is 7.67. The molecule has 0 fully saturated rings. The van der Waals surface area contributed by atoms with Crippen molar-refractivity contribution in [3.63, 3.8) is 0 Å². The minimum Gasteiger partial charge on any atom is -0.330 e. The summed E-state index contributed by atoms with van der Waals surface area (Å²) in [6.45, 7) is 0.497. The summed E-state index contributed by atoms with van der Waals surface area (Å²) < 4.78 is 15.5. The topological polar surface area (TPSA) is 55.6 Å². The molecule has 0 aliphatic carbocycles. The van der Waals surface area contributed by atoms with E-state index in [-0.39, 0.29) is 5.82 Å². The van der Waals surface area contributed by atoms with Gasteiger partial charge in [0.1, 0.15) is 16.6 Å². The Hall–Kier alpha value is -4.62. The number of nitrogens with one attached hydrogen (secondary N) is 1. The molecule has 37 heavy (non-hydrogen) atoms. The Balaban J connectivity index is 1.46. The van der Waals surface area contributed by atoms with Crippen molar-refractivity contribution in [2.24, 2.45) is 0 Å². The predicted molar refractivity (Wildman–Crippen MR) is 147 cm³/mol. The van der Waals surface area contributed by atoms with Gasteiger partial charge in [0, 0.05) is 22.4 Å². The van der Waals surface area contributed by atoms with Crippen LogP contribution < -0.4 is 5.32 Å². The van der Waals surface area contributed by atoms with Gasteiger partial charge in [-0.3, -0.25) is 0 Å². The Labute approximate surface area is 217 Å². The minimum atomic E-state index is -0.278. The summed E-state index contributed by atoms with van der Waals surface area (Å²) in [7, 11) is 0. The van der Waals surface area contributed by atoms with Crippen molar-refractivity contribution in [1.29, 1.82) is 0 Å². The zero-order chi connectivity index (χ0) is 25.0. The number of nitrogens with zero attached hydrogens (tertiary/aromatic N) is 4. The van der Waals surface area contributed by atoms with E-state index in [1.165, 1.54) is 23.5 Å². The maximum Gasteiger partial charge on any atom is 0.210 e. The Morgan fingerprint density at radius 3 is 1.92 bits per heavy atom. The lowest BCUT2D eigenvalue weighted by Crippen LogP contribution is -2.04. The van der Waals surface area contributed by atoms with Crippen LogP contribution in [0.5, 0.6) is 0 Å². The van der Waals surface area contributed by atoms with E-state index >= 15 is 0 Å². The molecule has 0 radical (unpaired) electrons. The van der Waals surface area contributed by atoms with Crippen molar-refractivity contribution in [3.8, 4) is 33.9 Å². The van der Waals surface area contributed by atoms with E-state index in [2.05, 4.69) is 56.5 Å². The third-order valence-electron chi connectivity index (χ3n) is 5.95. The molecule has 0 bridgehead atoms. The van der Waals surface area contributed by atoms with Gasteiger partial charge in [-0.05, 0) is 24.3 Å². The highest BCUT2D eigenvalue weighted by Crippen LogP contribution is 2.37. The summed E-state index contributed by atoms with van der Waals surface area (Å²) in [6, 6.07) is 36.9. The normalized spacial score (nSPS) is 10.9. The van der Waals surface area contributed by atoms with Gasteiger partial charge in [-0.15, -0.1) is 10.2 Å². The van der Waals surface area contributed by atoms with Crippen LogP contribution in [0.2, 0.25) is 0 Å². The molecule has 180 valence electrons. The fourth-order valence-corrected chi connectivity index (χ4v) is 5.01. The molecular formula is C30H22FN5S. The first-order valence-electron chi connectivity index (χ1n) is 11.9. The van der Waals surface area contributed by atoms with Gasteiger partial charge in [0.15, 0.2) is 0 Å². The van der Waals surface area contributed by atoms with Crippen molar-refractivity contribution in [3.05, 3.63) is 126 Å². The number of hydrogen-bond donors (Lipinski definition) is 1. The van der Waals surface area contributed by atoms with Crippen LogP contribution in [0.3, 0.4) is 0 Å². The maximum atomic E-state index is 13.3. The first-order valence-corrected chi connectivity index (χ1v) is 12.7. The molecule has 0 unspecified atom stereocenters. The molecule has 0 spiro atoms. The Kier molecular flexibility index (Phi) is 6.27. The van der Waals surface area contributed by atoms with Gasteiger partial charge in [-0.1, -0.05) is 102 Å². The average molecular weight is 504 g/mol. The van der Waals surface area contributed by atoms with Gasteiger partial charge in [0.25, 0.3) is 0 Å². The van der Waals surface area contributed by atoms with E-state index in [4.69, 9.17) is 4.98 Å². The van der Waals surface area contributed by atoms with Crippen LogP contribution in [0.15, 0.2) is 115 Å². The number of halogens is 1. The highest BCUT2D eigenvalue weighted by Gasteiger charge is 2.22. The molecule has 4 aromatic carbocycles. The molecule has 0 saturated carbocycles. The van der Waals surface area contributed by atoms with Gasteiger partial charge >= 0.3 is 0 Å². The molecule has 2 heterocycles. The second-order valence-electron chi connectivity index (χ2n) is 8.45. The van der Waals surface area contributed by atoms with Gasteiger partial charge in [0.05, 0.1) is 17.9 Å². The molecule has 0 aliphatic heterocycles. The molecule has 1 N–H and O–H groups in total. The van der Waals surface area contributed by atoms with Crippen molar-refractivity contribution < 1.29 is 4.39 Å². The van der Waals surface area contributed by atoms with Gasteiger partial charge in [0.2, 0.25) is 5.13 Å². The van der Waals surface area contributed by atoms with Gasteiger partial charge in [-0.25, -0.2) is 9.37 Å². The summed E-state index contributed by atoms with van der Waals surface area (Å²) in [6.07, 6.45) is 0. The van der Waals surface area contributed by atoms with Crippen LogP contribution in [-0.4, -0.2) is 19.7 Å². The molecule has 2 aromatic heterocycles. The fourth-order valence-electron chi connectivity index (χ4n) is 4.26. The number of hydrogen-bond acceptors (Lipinski definition) is 5. The van der Waals surface area contributed by atoms with Crippen molar-refractivity contribution in [2.45, 2.75) is 6.54 Å². The van der Waals surface area contributed by atoms with Crippen LogP contribution in [0.1, 0.15) is 5.01 Å². The van der Waals surface area contributed by atoms with E-state index in [9.17, 15) is 4.39 Å². The Bertz CT molecular complexity index is 1610. The molecule has 0 atom stereocenters. The van der Waals surface area contributed by atoms with E-state index in [1.54, 1.807) is 12.1 Å². The van der Waals surface area contributed by atoms with Gasteiger partial charge in [-0.2, -0.15) is 0 Å². The lowest BCUT2D eigenvalue weighted by molar-refractivity contribution is 0.628. The third-order valence-corrected chi connectivity index (χ3v) is 6.77. The molecule has 6 rings (SSSR count). The maximum absolute atomic E-state index is 13.3. The highest BCUT2D eigenvalue weighted by molar-refractivity contribution is 7.15. The Morgan fingerprint density at radius 2 is 1.27 bits per heavy atom. The molecule has 0 aliphatic rings. The van der Waals surface area contributed by atoms with Crippen LogP contribution >= 0.6 is 11.3 Å². The summed E-state index contributed by atoms with van der Waals surface area (Å²) in [5.74, 6) is 0.585. The zero-order valence-electron chi connectivity index (χ0n) is 19.8. The van der Waals surface area contributed by atoms with E-state index in [1.807, 2.05) is 54.6 Å². The second kappa shape index (κ2) is 10.2. The Morgan fingerprint density at radius 1 is 0.676 bits per heavy atom. The van der Waals surface area contributed by atoms with E-state index in [0.29, 0.717) is 11.7 Å². The molecule has 0 amide bonds. The molecule has 0 saturated heterocycles. The summed E-state index contributed by atoms with van der Waals surface area (Å²) in [4.78, 5) is 5.17. The SMILES string of the molecule is Fc1ccc(Nc2nnc(Cn3c(-c4ccccc4)nc(-c4ccccc4)c3-c3ccccc3)s2)cc1. The molecule has 5 nitrogen and oxygen atoms in total. The standard InChI is InChI=1S/C30H22FN5S/c31-24-16-18-25(19-17-24)32-30-35-34-26(37-30)20-36-28(22-12-6-2-7-13-22)27(21-10-4-1-5-11-21)33-29(36)23-14-8-3-9-15-23/h1-19H,20H2,(H,32,35). The van der Waals surface area contributed by atoms with Crippen LogP contribution in [-0.2, 0) is 6.54 Å². The highest BCUT2D eigenvalue weighted by atomic mass is 32.1. The van der Waals surface area contributed by atoms with E-state index in [0.717, 1.165) is 44.6 Å². The van der Waals surface area contributed by atoms with Crippen LogP contribution in [0.4, 0.5) is 15.2 Å².